The van der Waals surface area contributed by atoms with Crippen molar-refractivity contribution < 1.29 is 14.3 Å². The van der Waals surface area contributed by atoms with Crippen molar-refractivity contribution in [2.45, 2.75) is 0 Å². The maximum Gasteiger partial charge on any atom is 0.252 e. The predicted molar refractivity (Wildman–Crippen MR) is 97.2 cm³/mol. The molecule has 4 N–H and O–H groups in total. The van der Waals surface area contributed by atoms with Crippen LogP contribution >= 0.6 is 23.8 Å². The Bertz CT molecular complexity index is 785. The molecule has 24 heavy (non-hydrogen) atoms. The van der Waals surface area contributed by atoms with Gasteiger partial charge in [-0.05, 0) is 30.4 Å². The monoisotopic (exact) mass is 366 g/mol. The molecule has 9 heteroatoms. The summed E-state index contributed by atoms with van der Waals surface area (Å²) in [5, 5.41) is 6.33. The van der Waals surface area contributed by atoms with Gasteiger partial charge in [-0.3, -0.25) is 4.79 Å². The third-order valence-electron chi connectivity index (χ3n) is 3.03. The summed E-state index contributed by atoms with van der Waals surface area (Å²) in [5.74, 6) is 0.592. The molecule has 0 fully saturated rings. The molecule has 1 amide bonds. The van der Waals surface area contributed by atoms with Crippen molar-refractivity contribution in [3.63, 3.8) is 0 Å². The van der Waals surface area contributed by atoms with Gasteiger partial charge >= 0.3 is 0 Å². The Labute approximate surface area is 149 Å². The van der Waals surface area contributed by atoms with Crippen LogP contribution < -0.4 is 25.8 Å². The zero-order chi connectivity index (χ0) is 17.7. The van der Waals surface area contributed by atoms with Gasteiger partial charge in [0.05, 0.1) is 30.5 Å². The lowest BCUT2D eigenvalue weighted by Crippen LogP contribution is -2.23. The average molecular weight is 367 g/mol. The zero-order valence-corrected chi connectivity index (χ0v) is 14.5. The normalized spacial score (nSPS) is 9.96. The molecule has 7 nitrogen and oxygen atoms in total. The molecule has 0 bridgehead atoms. The van der Waals surface area contributed by atoms with Crippen LogP contribution in [-0.4, -0.2) is 30.2 Å². The largest absolute Gasteiger partial charge is 0.495 e. The number of thiocarbonyl (C=S) groups is 1. The number of nitrogens with one attached hydrogen (secondary N) is 2. The van der Waals surface area contributed by atoms with Gasteiger partial charge in [-0.1, -0.05) is 11.6 Å². The van der Waals surface area contributed by atoms with Crippen LogP contribution in [0.5, 0.6) is 11.5 Å². The minimum absolute atomic E-state index is 0.190. The predicted octanol–water partition coefficient (Wildman–Crippen LogP) is 2.66. The van der Waals surface area contributed by atoms with Gasteiger partial charge in [-0.25, -0.2) is 4.98 Å². The Morgan fingerprint density at radius 3 is 2.58 bits per heavy atom. The number of ether oxygens (including phenoxy) is 2. The van der Waals surface area contributed by atoms with E-state index in [4.69, 9.17) is 39.0 Å². The zero-order valence-electron chi connectivity index (χ0n) is 12.9. The van der Waals surface area contributed by atoms with Crippen LogP contribution in [0.25, 0.3) is 0 Å². The molecule has 2 rings (SSSR count). The molecule has 0 radical (unpaired) electrons. The number of aromatic nitrogens is 1. The second-order valence-corrected chi connectivity index (χ2v) is 5.35. The Kier molecular flexibility index (Phi) is 5.78. The molecular formula is C15H15ClN4O3S. The van der Waals surface area contributed by atoms with Crippen molar-refractivity contribution in [2.24, 2.45) is 5.73 Å². The molecule has 0 unspecified atom stereocenters. The van der Waals surface area contributed by atoms with Gasteiger partial charge in [0, 0.05) is 12.3 Å². The number of carbonyl (C=O) groups excluding carboxylic acids is 1. The van der Waals surface area contributed by atoms with E-state index in [2.05, 4.69) is 15.6 Å². The summed E-state index contributed by atoms with van der Waals surface area (Å²) in [7, 11) is 3.01. The second kappa shape index (κ2) is 7.80. The number of primary amides is 1. The first kappa shape index (κ1) is 17.8. The Balaban J connectivity index is 2.22. The minimum atomic E-state index is -0.613. The lowest BCUT2D eigenvalue weighted by Gasteiger charge is -2.15. The fourth-order valence-corrected chi connectivity index (χ4v) is 2.37. The van der Waals surface area contributed by atoms with Gasteiger partial charge in [-0.15, -0.1) is 0 Å². The molecule has 0 aliphatic carbocycles. The molecule has 1 aromatic carbocycles. The first-order chi connectivity index (χ1) is 11.5. The Morgan fingerprint density at radius 2 is 1.96 bits per heavy atom. The number of benzene rings is 1. The van der Waals surface area contributed by atoms with E-state index in [1.165, 1.54) is 20.4 Å². The summed E-state index contributed by atoms with van der Waals surface area (Å²) < 4.78 is 10.4. The van der Waals surface area contributed by atoms with Crippen LogP contribution in [0.3, 0.4) is 0 Å². The summed E-state index contributed by atoms with van der Waals surface area (Å²) in [4.78, 5) is 15.5. The summed E-state index contributed by atoms with van der Waals surface area (Å²) in [6, 6.07) is 6.39. The Morgan fingerprint density at radius 1 is 1.25 bits per heavy atom. The summed E-state index contributed by atoms with van der Waals surface area (Å²) in [5.41, 5.74) is 6.06. The van der Waals surface area contributed by atoms with E-state index in [0.29, 0.717) is 22.2 Å². The molecule has 126 valence electrons. The van der Waals surface area contributed by atoms with Crippen LogP contribution in [0.4, 0.5) is 11.5 Å². The van der Waals surface area contributed by atoms with Crippen LogP contribution in [0.1, 0.15) is 10.4 Å². The minimum Gasteiger partial charge on any atom is -0.495 e. The van der Waals surface area contributed by atoms with Gasteiger partial charge in [0.2, 0.25) is 0 Å². The van der Waals surface area contributed by atoms with Crippen molar-refractivity contribution in [3.05, 3.63) is 41.0 Å². The van der Waals surface area contributed by atoms with Crippen molar-refractivity contribution in [1.82, 2.24) is 4.98 Å². The van der Waals surface area contributed by atoms with Crippen LogP contribution in [0, 0.1) is 0 Å². The molecule has 0 saturated heterocycles. The van der Waals surface area contributed by atoms with E-state index in [1.54, 1.807) is 24.3 Å². The molecule has 1 aromatic heterocycles. The lowest BCUT2D eigenvalue weighted by molar-refractivity contribution is 0.100. The summed E-state index contributed by atoms with van der Waals surface area (Å²) in [6.07, 6.45) is 1.52. The molecule has 0 aliphatic rings. The highest BCUT2D eigenvalue weighted by Crippen LogP contribution is 2.35. The number of pyridine rings is 1. The highest BCUT2D eigenvalue weighted by atomic mass is 35.5. The molecule has 1 heterocycles. The smallest absolute Gasteiger partial charge is 0.252 e. The summed E-state index contributed by atoms with van der Waals surface area (Å²) in [6.45, 7) is 0. The van der Waals surface area contributed by atoms with E-state index in [1.807, 2.05) is 0 Å². The first-order valence-electron chi connectivity index (χ1n) is 6.70. The maximum atomic E-state index is 11.4. The van der Waals surface area contributed by atoms with Gasteiger partial charge in [0.25, 0.3) is 5.91 Å². The highest BCUT2D eigenvalue weighted by molar-refractivity contribution is 7.80. The fraction of sp³-hybridized carbons (Fsp3) is 0.133. The lowest BCUT2D eigenvalue weighted by atomic mass is 10.2. The number of nitrogens with zero attached hydrogens (tertiary/aromatic N) is 1. The van der Waals surface area contributed by atoms with Gasteiger partial charge in [-0.2, -0.15) is 0 Å². The second-order valence-electron chi connectivity index (χ2n) is 4.53. The SMILES string of the molecule is COc1cc(OC)c(NC(=S)Nc2ncccc2C(N)=O)cc1Cl. The van der Waals surface area contributed by atoms with E-state index in [9.17, 15) is 4.79 Å². The fourth-order valence-electron chi connectivity index (χ4n) is 1.92. The maximum absolute atomic E-state index is 11.4. The Hall–Kier alpha value is -2.58. The topological polar surface area (TPSA) is 98.5 Å². The standard InChI is InChI=1S/C15H15ClN4O3S/c1-22-11-7-12(23-2)10(6-9(11)16)19-15(24)20-14-8(13(17)21)4-3-5-18-14/h3-7H,1-2H3,(H2,17,21)(H2,18,19,20,24). The number of nitrogens with two attached hydrogens (primary N) is 1. The van der Waals surface area contributed by atoms with Gasteiger partial charge in [0.15, 0.2) is 5.11 Å². The number of amides is 1. The molecular weight excluding hydrogens is 352 g/mol. The number of methoxy groups -OCH3 is 2. The van der Waals surface area contributed by atoms with Crippen molar-refractivity contribution in [3.8, 4) is 11.5 Å². The number of hydrogen-bond acceptors (Lipinski definition) is 5. The van der Waals surface area contributed by atoms with E-state index >= 15 is 0 Å². The molecule has 0 aliphatic heterocycles. The van der Waals surface area contributed by atoms with Crippen molar-refractivity contribution in [2.75, 3.05) is 24.9 Å². The highest BCUT2D eigenvalue weighted by Gasteiger charge is 2.13. The summed E-state index contributed by atoms with van der Waals surface area (Å²) >= 11 is 11.3. The quantitative estimate of drug-likeness (QED) is 0.699. The van der Waals surface area contributed by atoms with Gasteiger partial charge in [0.1, 0.15) is 17.3 Å². The molecule has 0 saturated carbocycles. The van der Waals surface area contributed by atoms with E-state index < -0.39 is 5.91 Å². The molecule has 0 atom stereocenters. The third-order valence-corrected chi connectivity index (χ3v) is 3.53. The third kappa shape index (κ3) is 4.03. The van der Waals surface area contributed by atoms with Crippen molar-refractivity contribution in [1.29, 1.82) is 0 Å². The van der Waals surface area contributed by atoms with Gasteiger partial charge < -0.3 is 25.8 Å². The first-order valence-corrected chi connectivity index (χ1v) is 7.49. The average Bonchev–Trinajstić information content (AvgIpc) is 2.55. The van der Waals surface area contributed by atoms with Crippen molar-refractivity contribution >= 4 is 46.3 Å². The molecule has 2 aromatic rings. The molecule has 0 spiro atoms. The van der Waals surface area contributed by atoms with E-state index in [-0.39, 0.29) is 16.5 Å². The van der Waals surface area contributed by atoms with E-state index in [0.717, 1.165) is 0 Å². The number of rotatable bonds is 5. The number of anilines is 2. The van der Waals surface area contributed by atoms with Crippen LogP contribution in [0.15, 0.2) is 30.5 Å². The number of halogens is 1. The number of carbonyl (C=O) groups is 1. The van der Waals surface area contributed by atoms with Crippen LogP contribution in [-0.2, 0) is 0 Å². The number of hydrogen-bond donors (Lipinski definition) is 3. The van der Waals surface area contributed by atoms with Crippen LogP contribution in [0.2, 0.25) is 5.02 Å².